The average molecular weight is 1470 g/mol. The summed E-state index contributed by atoms with van der Waals surface area (Å²) < 4.78 is 43.8. The lowest BCUT2D eigenvalue weighted by Gasteiger charge is -2.48. The number of hydrogen-bond donors (Lipinski definition) is 9. The van der Waals surface area contributed by atoms with E-state index in [2.05, 4.69) is 40.4 Å². The molecule has 5 aromatic rings. The van der Waals surface area contributed by atoms with Gasteiger partial charge in [-0.25, -0.2) is 14.8 Å². The number of aromatic nitrogens is 4. The van der Waals surface area contributed by atoms with Crippen LogP contribution in [-0.2, 0) is 73.4 Å². The van der Waals surface area contributed by atoms with Crippen LogP contribution in [0.5, 0.6) is 11.5 Å². The molecule has 32 nitrogen and oxygen atoms in total. The first-order chi connectivity index (χ1) is 49.2. The number of H-pyrrole nitrogens is 1. The molecule has 10 N–H and O–H groups in total. The zero-order valence-corrected chi connectivity index (χ0v) is 59.2. The quantitative estimate of drug-likeness (QED) is 0.0105. The van der Waals surface area contributed by atoms with Crippen molar-refractivity contribution in [3.8, 4) is 11.5 Å². The molecule has 34 heteroatoms. The molecule has 2 aromatic heterocycles. The number of ketones is 4. The van der Waals surface area contributed by atoms with Gasteiger partial charge in [0, 0.05) is 103 Å². The zero-order chi connectivity index (χ0) is 74.6. The molecule has 3 saturated heterocycles. The smallest absolute Gasteiger partial charge is 0.373 e. The molecule has 3 aromatic carbocycles. The summed E-state index contributed by atoms with van der Waals surface area (Å²) in [5.41, 5.74) is 4.76. The molecule has 0 bridgehead atoms. The summed E-state index contributed by atoms with van der Waals surface area (Å²) in [7, 11) is 7.45. The van der Waals surface area contributed by atoms with E-state index in [1.54, 1.807) is 52.0 Å². The van der Waals surface area contributed by atoms with Crippen LogP contribution in [-0.4, -0.2) is 216 Å². The maximum atomic E-state index is 14.1. The van der Waals surface area contributed by atoms with Gasteiger partial charge in [0.2, 0.25) is 11.7 Å². The number of phenols is 2. The van der Waals surface area contributed by atoms with E-state index in [4.69, 9.17) is 53.7 Å². The van der Waals surface area contributed by atoms with Crippen LogP contribution in [0.15, 0.2) is 64.5 Å². The van der Waals surface area contributed by atoms with Crippen LogP contribution in [0.2, 0.25) is 0 Å². The van der Waals surface area contributed by atoms with Crippen molar-refractivity contribution in [2.75, 3.05) is 56.9 Å². The Kier molecular flexibility index (Phi) is 27.0. The first-order valence-electron chi connectivity index (χ1n) is 33.4. The van der Waals surface area contributed by atoms with Gasteiger partial charge < -0.3 is 79.7 Å². The van der Waals surface area contributed by atoms with E-state index in [9.17, 15) is 58.8 Å². The number of methoxy groups -OCH3 is 1. The highest BCUT2D eigenvalue weighted by atomic mass is 33.1. The van der Waals surface area contributed by atoms with Gasteiger partial charge in [0.15, 0.2) is 41.6 Å². The Balaban J connectivity index is 0.00000404. The van der Waals surface area contributed by atoms with E-state index in [0.29, 0.717) is 47.7 Å². The number of aromatic amines is 1. The molecule has 4 unspecified atom stereocenters. The number of aliphatic hydroxyl groups is 2. The number of carbonyl (C=O) groups is 7. The van der Waals surface area contributed by atoms with Gasteiger partial charge in [0.25, 0.3) is 11.5 Å². The number of nitrogens with two attached hydrogens (primary N) is 1. The van der Waals surface area contributed by atoms with Gasteiger partial charge in [-0.2, -0.15) is 19.8 Å². The van der Waals surface area contributed by atoms with Crippen molar-refractivity contribution in [1.29, 1.82) is 0 Å². The predicted molar refractivity (Wildman–Crippen MR) is 368 cm³/mol. The minimum absolute atomic E-state index is 0.00567. The van der Waals surface area contributed by atoms with E-state index >= 15 is 0 Å². The summed E-state index contributed by atoms with van der Waals surface area (Å²) in [4.78, 5) is 146. The fourth-order valence-corrected chi connectivity index (χ4v) is 15.7. The normalized spacial score (nSPS) is 25.8. The molecule has 3 aliphatic heterocycles. The number of carbonyl (C=O) groups excluding carboxylic acids is 9. The van der Waals surface area contributed by atoms with Crippen molar-refractivity contribution < 1.29 is 107 Å². The number of nitrogens with one attached hydrogen (secondary N) is 3. The fourth-order valence-electron chi connectivity index (χ4n) is 13.3. The van der Waals surface area contributed by atoms with Crippen LogP contribution in [0.3, 0.4) is 0 Å². The summed E-state index contributed by atoms with van der Waals surface area (Å²) >= 11 is 0. The number of hydrogen-bond acceptors (Lipinski definition) is 32. The second-order valence-electron chi connectivity index (χ2n) is 25.7. The lowest BCUT2D eigenvalue weighted by molar-refractivity contribution is -0.324. The maximum Gasteiger partial charge on any atom is 0.373 e. The van der Waals surface area contributed by atoms with Crippen LogP contribution in [0, 0.1) is 5.92 Å². The van der Waals surface area contributed by atoms with Crippen LogP contribution in [0.25, 0.3) is 11.2 Å². The Morgan fingerprint density at radius 1 is 0.893 bits per heavy atom. The van der Waals surface area contributed by atoms with Gasteiger partial charge in [-0.1, -0.05) is 40.6 Å². The molecule has 5 heterocycles. The lowest BCUT2D eigenvalue weighted by atomic mass is 9.67. The topological polar surface area (TPSA) is 466 Å². The number of benzene rings is 3. The molecular weight excluding hydrogens is 1390 g/mol. The summed E-state index contributed by atoms with van der Waals surface area (Å²) in [6, 6.07) is 11.6. The van der Waals surface area contributed by atoms with Crippen molar-refractivity contribution >= 4 is 97.2 Å². The molecule has 3 fully saturated rings. The standard InChI is InChI=1S/C68H83N9O21S2.CO2/c1-8-68(89)27-48(53-42(55(68)66(88)91-7)24-43-54(59(53)84)58(83)52-41(57(43)82)12-9-13-46(52)80)95-50-25-45(77(5)6)60(33(3)93-50)97-51-26-47(81)61(34(4)94-51)96-49-19-18-44(32(2)92-49)72-30-40(79)20-22-99-100-31-36(65(87)98-90)23-39(78)11-10-21-70-63(85)35-14-16-37(17-15-35)71-28-38-29-73-62-56(74-38)64(86)76-67(69)75-62;2-1-3/h9,12-17,24,29,32-34,36,45,47-51,55,60-61,71,80-81,84,89-90H,8,10-11,18-23,25-28,30-31H2,1-7H3,(H,70,85)(H3,69,73,75,76,86);/t32?,33?,34?,36?,45-,47-,48+,49+,50+,51+,55+,60-,61-,68-;/m1./s1. The molecule has 5 aliphatic rings. The molecule has 2 aliphatic carbocycles. The molecule has 10 rings (SSSR count). The maximum absolute atomic E-state index is 14.1. The van der Waals surface area contributed by atoms with Crippen LogP contribution in [0.1, 0.15) is 163 Å². The van der Waals surface area contributed by atoms with E-state index in [1.807, 2.05) is 19.0 Å². The highest BCUT2D eigenvalue weighted by molar-refractivity contribution is 8.76. The second kappa shape index (κ2) is 35.3. The Morgan fingerprint density at radius 2 is 1.60 bits per heavy atom. The number of ether oxygens (including phenoxy) is 7. The van der Waals surface area contributed by atoms with Gasteiger partial charge in [-0.3, -0.25) is 43.5 Å². The van der Waals surface area contributed by atoms with Gasteiger partial charge in [-0.05, 0) is 96.1 Å². The molecule has 0 spiro atoms. The molecule has 14 atom stereocenters. The van der Waals surface area contributed by atoms with Crippen LogP contribution in [0.4, 0.5) is 11.6 Å². The van der Waals surface area contributed by atoms with Crippen molar-refractivity contribution in [2.24, 2.45) is 10.9 Å². The molecule has 554 valence electrons. The molecule has 0 saturated carbocycles. The number of esters is 1. The average Bonchev–Trinajstić information content (AvgIpc) is 0.711. The van der Waals surface area contributed by atoms with Crippen molar-refractivity contribution in [3.05, 3.63) is 110 Å². The van der Waals surface area contributed by atoms with E-state index in [1.165, 1.54) is 52.1 Å². The number of amides is 1. The third kappa shape index (κ3) is 18.7. The summed E-state index contributed by atoms with van der Waals surface area (Å²) in [5, 5.41) is 61.8. The molecule has 103 heavy (non-hydrogen) atoms. The SMILES string of the molecule is CC[C@@]1(O)C[C@H](O[C@H]2C[C@@H](N(C)C)[C@H](O[C@H]3C[C@@H](O)[C@H](O[C@H]4CCC(=NCC(=O)CCSSCC(CC(=O)CCCNC(=O)c5ccc(NCc6cnc7nc(N)[nH]c(=O)c7n6)cc5)C(=O)OO)C(C)O4)C(C)O3)C(C)O2)c2c(cc3c(c2O)C(=O)c2c(O)cccc2C3=O)[C@H]1C(=O)OC.O=C=O. The minimum Gasteiger partial charge on any atom is -0.507 e. The van der Waals surface area contributed by atoms with Crippen molar-refractivity contribution in [2.45, 2.75) is 178 Å². The first kappa shape index (κ1) is 78.7. The van der Waals surface area contributed by atoms with Gasteiger partial charge in [0.05, 0.1) is 85.3 Å². The fraction of sp³-hybridized carbons (Fsp3) is 0.522. The summed E-state index contributed by atoms with van der Waals surface area (Å²) in [6.07, 6.45) is -5.23. The van der Waals surface area contributed by atoms with Gasteiger partial charge in [0.1, 0.15) is 35.4 Å². The number of likely N-dealkylation sites (N-methyl/N-ethyl adjacent to an activating group) is 1. The third-order valence-corrected chi connectivity index (χ3v) is 21.1. The number of anilines is 2. The molecular formula is C69H83N9O23S2. The lowest BCUT2D eigenvalue weighted by Crippen LogP contribution is -2.58. The van der Waals surface area contributed by atoms with Crippen molar-refractivity contribution in [1.82, 2.24) is 30.2 Å². The monoisotopic (exact) mass is 1470 g/mol. The summed E-state index contributed by atoms with van der Waals surface area (Å²) in [5.74, 6) is -6.96. The Labute approximate surface area is 598 Å². The number of aliphatic imine (C=N–C) groups is 1. The highest BCUT2D eigenvalue weighted by Crippen LogP contribution is 2.54. The number of phenolic OH excluding ortho intramolecular Hbond substituents is 2. The molecule has 0 radical (unpaired) electrons. The number of Topliss-reactive ketones (excluding diaryl/α,β-unsaturated/α-hetero) is 2. The highest BCUT2D eigenvalue weighted by Gasteiger charge is 2.54. The van der Waals surface area contributed by atoms with Crippen molar-refractivity contribution in [3.63, 3.8) is 0 Å². The van der Waals surface area contributed by atoms with Crippen LogP contribution >= 0.6 is 21.6 Å². The van der Waals surface area contributed by atoms with E-state index in [-0.39, 0.29) is 144 Å². The predicted octanol–water partition coefficient (Wildman–Crippen LogP) is 4.81. The van der Waals surface area contributed by atoms with E-state index < -0.39 is 126 Å². The van der Waals surface area contributed by atoms with Gasteiger partial charge in [-0.15, -0.1) is 0 Å². The number of nitrogen functional groups attached to an aromatic ring is 1. The van der Waals surface area contributed by atoms with Gasteiger partial charge >= 0.3 is 18.1 Å². The number of fused-ring (bicyclic) bond motifs is 4. The minimum atomic E-state index is -1.81. The van der Waals surface area contributed by atoms with E-state index in [0.717, 1.165) is 7.11 Å². The number of nitrogens with zero attached hydrogens (tertiary/aromatic N) is 5. The summed E-state index contributed by atoms with van der Waals surface area (Å²) in [6.45, 7) is 7.38. The Hall–Kier alpha value is -8.48. The third-order valence-electron chi connectivity index (χ3n) is 18.7. The zero-order valence-electron chi connectivity index (χ0n) is 57.5. The first-order valence-corrected chi connectivity index (χ1v) is 35.9. The number of aromatic hydroxyl groups is 2. The van der Waals surface area contributed by atoms with Crippen LogP contribution < -0.4 is 21.9 Å². The number of aliphatic hydroxyl groups excluding tert-OH is 1. The molecule has 1 amide bonds. The Morgan fingerprint density at radius 3 is 2.28 bits per heavy atom. The number of rotatable bonds is 28. The second-order valence-corrected chi connectivity index (χ2v) is 28.3. The Bertz CT molecular complexity index is 4070. The largest absolute Gasteiger partial charge is 0.507 e.